The molecule has 0 aliphatic heterocycles. The van der Waals surface area contributed by atoms with Crippen LogP contribution in [-0.2, 0) is 6.54 Å². The number of nitrogens with two attached hydrogens (primary N) is 1. The van der Waals surface area contributed by atoms with Gasteiger partial charge in [0, 0.05) is 43.4 Å². The van der Waals surface area contributed by atoms with Gasteiger partial charge in [-0.15, -0.1) is 0 Å². The van der Waals surface area contributed by atoms with Gasteiger partial charge in [0.15, 0.2) is 0 Å². The van der Waals surface area contributed by atoms with Crippen molar-refractivity contribution in [1.29, 1.82) is 0 Å². The number of anilines is 2. The van der Waals surface area contributed by atoms with E-state index in [0.29, 0.717) is 5.82 Å². The minimum atomic E-state index is 0.541. The highest BCUT2D eigenvalue weighted by atomic mass is 15.0. The summed E-state index contributed by atoms with van der Waals surface area (Å²) in [7, 11) is 0. The van der Waals surface area contributed by atoms with Crippen LogP contribution in [0.3, 0.4) is 0 Å². The van der Waals surface area contributed by atoms with Crippen LogP contribution in [0.15, 0.2) is 37.1 Å². The van der Waals surface area contributed by atoms with E-state index in [2.05, 4.69) is 19.9 Å². The Kier molecular flexibility index (Phi) is 3.38. The normalized spacial score (nSPS) is 10.2. The molecule has 0 radical (unpaired) electrons. The lowest BCUT2D eigenvalue weighted by Gasteiger charge is -2.06. The summed E-state index contributed by atoms with van der Waals surface area (Å²) in [4.78, 5) is 7.92. The van der Waals surface area contributed by atoms with E-state index in [-0.39, 0.29) is 0 Å². The lowest BCUT2D eigenvalue weighted by Crippen LogP contribution is -2.06. The van der Waals surface area contributed by atoms with E-state index in [0.717, 1.165) is 25.2 Å². The molecule has 0 aliphatic carbocycles. The first-order valence-electron chi connectivity index (χ1n) is 5.26. The van der Waals surface area contributed by atoms with Gasteiger partial charge in [-0.1, -0.05) is 0 Å². The summed E-state index contributed by atoms with van der Waals surface area (Å²) in [5.41, 5.74) is 6.59. The number of aromatic nitrogens is 3. The van der Waals surface area contributed by atoms with E-state index in [9.17, 15) is 0 Å². The van der Waals surface area contributed by atoms with Crippen LogP contribution in [-0.4, -0.2) is 21.1 Å². The van der Waals surface area contributed by atoms with E-state index < -0.39 is 0 Å². The van der Waals surface area contributed by atoms with E-state index in [1.54, 1.807) is 12.4 Å². The SMILES string of the molecule is Nc1cc(NCCCn2ccnc2)ccn1. The first-order valence-corrected chi connectivity index (χ1v) is 5.26. The molecule has 0 aromatic carbocycles. The average molecular weight is 217 g/mol. The first-order chi connectivity index (χ1) is 7.84. The van der Waals surface area contributed by atoms with Crippen LogP contribution in [0.1, 0.15) is 6.42 Å². The molecule has 5 nitrogen and oxygen atoms in total. The van der Waals surface area contributed by atoms with Crippen LogP contribution >= 0.6 is 0 Å². The van der Waals surface area contributed by atoms with E-state index in [1.165, 1.54) is 0 Å². The molecule has 3 N–H and O–H groups in total. The molecule has 0 saturated heterocycles. The zero-order chi connectivity index (χ0) is 11.2. The van der Waals surface area contributed by atoms with E-state index in [1.807, 2.05) is 24.7 Å². The lowest BCUT2D eigenvalue weighted by molar-refractivity contribution is 0.661. The predicted octanol–water partition coefficient (Wildman–Crippen LogP) is 1.36. The number of hydrogen-bond acceptors (Lipinski definition) is 4. The summed E-state index contributed by atoms with van der Waals surface area (Å²) < 4.78 is 2.06. The Hall–Kier alpha value is -2.04. The molecule has 0 aliphatic rings. The molecule has 16 heavy (non-hydrogen) atoms. The molecule has 0 amide bonds. The van der Waals surface area contributed by atoms with Gasteiger partial charge < -0.3 is 15.6 Å². The summed E-state index contributed by atoms with van der Waals surface area (Å²) in [6, 6.07) is 3.74. The number of imidazole rings is 1. The molecule has 2 heterocycles. The summed E-state index contributed by atoms with van der Waals surface area (Å²) in [5, 5.41) is 3.29. The Morgan fingerprint density at radius 3 is 3.06 bits per heavy atom. The quantitative estimate of drug-likeness (QED) is 0.742. The van der Waals surface area contributed by atoms with Gasteiger partial charge in [-0.3, -0.25) is 0 Å². The summed E-state index contributed by atoms with van der Waals surface area (Å²) >= 11 is 0. The Labute approximate surface area is 94.3 Å². The minimum absolute atomic E-state index is 0.541. The Morgan fingerprint density at radius 2 is 2.31 bits per heavy atom. The fourth-order valence-electron chi connectivity index (χ4n) is 1.47. The molecule has 0 saturated carbocycles. The maximum absolute atomic E-state index is 5.58. The van der Waals surface area contributed by atoms with Crippen molar-refractivity contribution in [3.63, 3.8) is 0 Å². The molecule has 0 fully saturated rings. The van der Waals surface area contributed by atoms with Crippen LogP contribution in [0, 0.1) is 0 Å². The van der Waals surface area contributed by atoms with Gasteiger partial charge in [0.25, 0.3) is 0 Å². The topological polar surface area (TPSA) is 68.8 Å². The molecule has 5 heteroatoms. The van der Waals surface area contributed by atoms with Crippen LogP contribution in [0.2, 0.25) is 0 Å². The van der Waals surface area contributed by atoms with Crippen molar-refractivity contribution in [2.45, 2.75) is 13.0 Å². The number of nitrogens with zero attached hydrogens (tertiary/aromatic N) is 3. The van der Waals surface area contributed by atoms with Gasteiger partial charge in [0.1, 0.15) is 5.82 Å². The number of nitrogens with one attached hydrogen (secondary N) is 1. The predicted molar refractivity (Wildman–Crippen MR) is 64.0 cm³/mol. The van der Waals surface area contributed by atoms with Gasteiger partial charge >= 0.3 is 0 Å². The van der Waals surface area contributed by atoms with Crippen molar-refractivity contribution in [2.24, 2.45) is 0 Å². The number of hydrogen-bond donors (Lipinski definition) is 2. The van der Waals surface area contributed by atoms with Crippen LogP contribution in [0.4, 0.5) is 11.5 Å². The second kappa shape index (κ2) is 5.16. The van der Waals surface area contributed by atoms with Gasteiger partial charge in [0.05, 0.1) is 6.33 Å². The molecule has 0 spiro atoms. The fraction of sp³-hybridized carbons (Fsp3) is 0.273. The summed E-state index contributed by atoms with van der Waals surface area (Å²) in [5.74, 6) is 0.541. The van der Waals surface area contributed by atoms with E-state index in [4.69, 9.17) is 5.73 Å². The highest BCUT2D eigenvalue weighted by molar-refractivity contribution is 5.49. The second-order valence-electron chi connectivity index (χ2n) is 3.55. The zero-order valence-electron chi connectivity index (χ0n) is 9.00. The Bertz CT molecular complexity index is 424. The third kappa shape index (κ3) is 2.98. The van der Waals surface area contributed by atoms with Gasteiger partial charge in [-0.05, 0) is 12.5 Å². The monoisotopic (exact) mass is 217 g/mol. The molecule has 0 unspecified atom stereocenters. The minimum Gasteiger partial charge on any atom is -0.385 e. The van der Waals surface area contributed by atoms with Gasteiger partial charge in [-0.2, -0.15) is 0 Å². The van der Waals surface area contributed by atoms with E-state index >= 15 is 0 Å². The van der Waals surface area contributed by atoms with Gasteiger partial charge in [0.2, 0.25) is 0 Å². The second-order valence-corrected chi connectivity index (χ2v) is 3.55. The standard InChI is InChI=1S/C11H15N5/c12-11-8-10(2-4-15-11)14-3-1-6-16-7-5-13-9-16/h2,4-5,7-9H,1,3,6H2,(H3,12,14,15). The van der Waals surface area contributed by atoms with Crippen molar-refractivity contribution in [2.75, 3.05) is 17.6 Å². The van der Waals surface area contributed by atoms with Crippen molar-refractivity contribution in [3.8, 4) is 0 Å². The zero-order valence-corrected chi connectivity index (χ0v) is 9.00. The van der Waals surface area contributed by atoms with Gasteiger partial charge in [-0.25, -0.2) is 9.97 Å². The smallest absolute Gasteiger partial charge is 0.125 e. The van der Waals surface area contributed by atoms with Crippen molar-refractivity contribution >= 4 is 11.5 Å². The first kappa shape index (κ1) is 10.5. The molecular formula is C11H15N5. The Morgan fingerprint density at radius 1 is 1.38 bits per heavy atom. The molecule has 0 bridgehead atoms. The largest absolute Gasteiger partial charge is 0.385 e. The van der Waals surface area contributed by atoms with Crippen LogP contribution < -0.4 is 11.1 Å². The van der Waals surface area contributed by atoms with Crippen molar-refractivity contribution in [1.82, 2.24) is 14.5 Å². The highest BCUT2D eigenvalue weighted by Gasteiger charge is 1.93. The molecule has 2 aromatic heterocycles. The number of nitrogen functional groups attached to an aromatic ring is 1. The fourth-order valence-corrected chi connectivity index (χ4v) is 1.47. The maximum Gasteiger partial charge on any atom is 0.125 e. The number of pyridine rings is 1. The summed E-state index contributed by atoms with van der Waals surface area (Å²) in [6.45, 7) is 1.87. The molecule has 0 atom stereocenters. The molecule has 2 aromatic rings. The molecule has 2 rings (SSSR count). The average Bonchev–Trinajstić information content (AvgIpc) is 2.77. The van der Waals surface area contributed by atoms with Crippen molar-refractivity contribution in [3.05, 3.63) is 37.1 Å². The molecular weight excluding hydrogens is 202 g/mol. The lowest BCUT2D eigenvalue weighted by atomic mass is 10.3. The third-order valence-electron chi connectivity index (χ3n) is 2.26. The Balaban J connectivity index is 1.72. The maximum atomic E-state index is 5.58. The third-order valence-corrected chi connectivity index (χ3v) is 2.26. The number of rotatable bonds is 5. The highest BCUT2D eigenvalue weighted by Crippen LogP contribution is 2.08. The van der Waals surface area contributed by atoms with Crippen LogP contribution in [0.25, 0.3) is 0 Å². The summed E-state index contributed by atoms with van der Waals surface area (Å²) in [6.07, 6.45) is 8.32. The van der Waals surface area contributed by atoms with Crippen LogP contribution in [0.5, 0.6) is 0 Å². The van der Waals surface area contributed by atoms with Crippen molar-refractivity contribution < 1.29 is 0 Å². The molecule has 84 valence electrons. The number of aryl methyl sites for hydroxylation is 1.